The average molecular weight is 374 g/mol. The molecule has 20 heavy (non-hydrogen) atoms. The highest BCUT2D eigenvalue weighted by Crippen LogP contribution is 2.43. The van der Waals surface area contributed by atoms with Crippen molar-refractivity contribution in [3.05, 3.63) is 62.0 Å². The van der Waals surface area contributed by atoms with Crippen molar-refractivity contribution in [2.24, 2.45) is 0 Å². The first-order valence-corrected chi connectivity index (χ1v) is 7.68. The van der Waals surface area contributed by atoms with Crippen LogP contribution in [0, 0.1) is 0 Å². The van der Waals surface area contributed by atoms with Crippen LogP contribution in [0.25, 0.3) is 0 Å². The topological polar surface area (TPSA) is 29.5 Å². The number of rotatable bonds is 1. The fraction of sp³-hybridized carbons (Fsp3) is 0.200. The van der Waals surface area contributed by atoms with Crippen LogP contribution in [0.4, 0.5) is 0 Å². The van der Waals surface area contributed by atoms with Crippen LogP contribution < -0.4 is 4.74 Å². The van der Waals surface area contributed by atoms with Gasteiger partial charge in [0.1, 0.15) is 11.9 Å². The molecule has 1 aliphatic rings. The smallest absolute Gasteiger partial charge is 0.128 e. The maximum atomic E-state index is 10.3. The van der Waals surface area contributed by atoms with Gasteiger partial charge in [-0.05, 0) is 30.3 Å². The summed E-state index contributed by atoms with van der Waals surface area (Å²) in [7, 11) is 0. The van der Waals surface area contributed by atoms with Crippen LogP contribution in [0.5, 0.6) is 5.75 Å². The Balaban J connectivity index is 2.00. The van der Waals surface area contributed by atoms with E-state index in [1.54, 1.807) is 18.2 Å². The first-order valence-electron chi connectivity index (χ1n) is 6.13. The van der Waals surface area contributed by atoms with Gasteiger partial charge in [-0.15, -0.1) is 0 Å². The average Bonchev–Trinajstić information content (AvgIpc) is 2.41. The van der Waals surface area contributed by atoms with Gasteiger partial charge in [0.2, 0.25) is 0 Å². The molecule has 2 unspecified atom stereocenters. The summed E-state index contributed by atoms with van der Waals surface area (Å²) < 4.78 is 6.88. The molecule has 2 atom stereocenters. The number of aliphatic hydroxyl groups excluding tert-OH is 1. The highest BCUT2D eigenvalue weighted by molar-refractivity contribution is 9.10. The van der Waals surface area contributed by atoms with E-state index in [0.29, 0.717) is 22.2 Å². The van der Waals surface area contributed by atoms with E-state index in [0.717, 1.165) is 15.6 Å². The van der Waals surface area contributed by atoms with Gasteiger partial charge in [-0.1, -0.05) is 45.2 Å². The van der Waals surface area contributed by atoms with E-state index < -0.39 is 6.10 Å². The number of benzene rings is 2. The standard InChI is InChI=1S/C15H11BrCl2O2/c16-8-1-3-10-13(19)7-15(20-14(10)5-8)11-6-9(17)2-4-12(11)18/h1-6,13,15,19H,7H2. The van der Waals surface area contributed by atoms with Gasteiger partial charge in [-0.3, -0.25) is 0 Å². The summed E-state index contributed by atoms with van der Waals surface area (Å²) in [6.07, 6.45) is -0.431. The van der Waals surface area contributed by atoms with Gasteiger partial charge >= 0.3 is 0 Å². The zero-order valence-corrected chi connectivity index (χ0v) is 13.4. The maximum absolute atomic E-state index is 10.3. The van der Waals surface area contributed by atoms with Crippen molar-refractivity contribution in [3.63, 3.8) is 0 Å². The molecule has 0 saturated heterocycles. The summed E-state index contributed by atoms with van der Waals surface area (Å²) in [5, 5.41) is 11.5. The van der Waals surface area contributed by atoms with Crippen LogP contribution in [0.3, 0.4) is 0 Å². The Kier molecular flexibility index (Phi) is 3.95. The lowest BCUT2D eigenvalue weighted by molar-refractivity contribution is 0.0657. The second kappa shape index (κ2) is 5.57. The van der Waals surface area contributed by atoms with Crippen molar-refractivity contribution >= 4 is 39.1 Å². The molecule has 104 valence electrons. The zero-order valence-electron chi connectivity index (χ0n) is 10.3. The number of hydrogen-bond donors (Lipinski definition) is 1. The van der Waals surface area contributed by atoms with Crippen molar-refractivity contribution in [2.45, 2.75) is 18.6 Å². The summed E-state index contributed by atoms with van der Waals surface area (Å²) in [5.41, 5.74) is 1.59. The summed E-state index contributed by atoms with van der Waals surface area (Å²) in [6.45, 7) is 0. The van der Waals surface area contributed by atoms with Crippen molar-refractivity contribution in [2.75, 3.05) is 0 Å². The van der Waals surface area contributed by atoms with Crippen molar-refractivity contribution in [1.82, 2.24) is 0 Å². The molecular formula is C15H11BrCl2O2. The molecule has 3 rings (SSSR count). The Labute approximate surface area is 135 Å². The molecule has 2 nitrogen and oxygen atoms in total. The molecule has 0 radical (unpaired) electrons. The van der Waals surface area contributed by atoms with E-state index in [4.69, 9.17) is 27.9 Å². The lowest BCUT2D eigenvalue weighted by atomic mass is 9.95. The predicted octanol–water partition coefficient (Wildman–Crippen LogP) is 5.31. The fourth-order valence-corrected chi connectivity index (χ4v) is 3.13. The highest BCUT2D eigenvalue weighted by atomic mass is 79.9. The zero-order chi connectivity index (χ0) is 14.3. The van der Waals surface area contributed by atoms with Crippen molar-refractivity contribution < 1.29 is 9.84 Å². The highest BCUT2D eigenvalue weighted by Gasteiger charge is 2.29. The quantitative estimate of drug-likeness (QED) is 0.733. The molecule has 0 spiro atoms. The predicted molar refractivity (Wildman–Crippen MR) is 83.5 cm³/mol. The van der Waals surface area contributed by atoms with Crippen LogP contribution >= 0.6 is 39.1 Å². The lowest BCUT2D eigenvalue weighted by Crippen LogP contribution is -2.19. The SMILES string of the molecule is OC1CC(c2cc(Cl)ccc2Cl)Oc2cc(Br)ccc21. The van der Waals surface area contributed by atoms with Crippen LogP contribution in [-0.4, -0.2) is 5.11 Å². The van der Waals surface area contributed by atoms with E-state index in [1.807, 2.05) is 18.2 Å². The third kappa shape index (κ3) is 2.68. The van der Waals surface area contributed by atoms with Crippen molar-refractivity contribution in [1.29, 1.82) is 0 Å². The summed E-state index contributed by atoms with van der Waals surface area (Å²) >= 11 is 15.6. The second-order valence-electron chi connectivity index (χ2n) is 4.71. The number of fused-ring (bicyclic) bond motifs is 1. The molecule has 5 heteroatoms. The number of hydrogen-bond acceptors (Lipinski definition) is 2. The molecule has 0 amide bonds. The minimum absolute atomic E-state index is 0.307. The summed E-state index contributed by atoms with van der Waals surface area (Å²) in [4.78, 5) is 0. The van der Waals surface area contributed by atoms with Crippen LogP contribution in [0.2, 0.25) is 10.0 Å². The third-order valence-electron chi connectivity index (χ3n) is 3.35. The van der Waals surface area contributed by atoms with E-state index in [2.05, 4.69) is 15.9 Å². The Morgan fingerprint density at radius 2 is 1.90 bits per heavy atom. The molecular weight excluding hydrogens is 363 g/mol. The van der Waals surface area contributed by atoms with Crippen LogP contribution in [0.1, 0.15) is 29.8 Å². The first kappa shape index (κ1) is 14.2. The molecule has 1 heterocycles. The summed E-state index contributed by atoms with van der Waals surface area (Å²) in [5.74, 6) is 0.666. The van der Waals surface area contributed by atoms with Gasteiger partial charge in [0.15, 0.2) is 0 Å². The van der Waals surface area contributed by atoms with Gasteiger partial charge in [-0.2, -0.15) is 0 Å². The number of aliphatic hydroxyl groups is 1. The molecule has 0 fully saturated rings. The first-order chi connectivity index (χ1) is 9.54. The minimum Gasteiger partial charge on any atom is -0.485 e. The molecule has 2 aromatic rings. The lowest BCUT2D eigenvalue weighted by Gasteiger charge is -2.30. The Morgan fingerprint density at radius 1 is 1.10 bits per heavy atom. The normalized spacial score (nSPS) is 21.2. The van der Waals surface area contributed by atoms with Gasteiger partial charge in [0.25, 0.3) is 0 Å². The Hall–Kier alpha value is -0.740. The molecule has 1 aliphatic heterocycles. The van der Waals surface area contributed by atoms with Gasteiger partial charge in [0, 0.05) is 32.1 Å². The molecule has 1 N–H and O–H groups in total. The molecule has 2 aromatic carbocycles. The fourth-order valence-electron chi connectivity index (χ4n) is 2.37. The van der Waals surface area contributed by atoms with E-state index in [9.17, 15) is 5.11 Å². The minimum atomic E-state index is -0.577. The van der Waals surface area contributed by atoms with Gasteiger partial charge in [-0.25, -0.2) is 0 Å². The molecule has 0 aliphatic carbocycles. The monoisotopic (exact) mass is 372 g/mol. The van der Waals surface area contributed by atoms with E-state index in [1.165, 1.54) is 0 Å². The van der Waals surface area contributed by atoms with Gasteiger partial charge in [0.05, 0.1) is 6.10 Å². The van der Waals surface area contributed by atoms with E-state index >= 15 is 0 Å². The van der Waals surface area contributed by atoms with Gasteiger partial charge < -0.3 is 9.84 Å². The second-order valence-corrected chi connectivity index (χ2v) is 6.47. The number of halogens is 3. The Bertz CT molecular complexity index is 660. The van der Waals surface area contributed by atoms with Crippen LogP contribution in [-0.2, 0) is 0 Å². The third-order valence-corrected chi connectivity index (χ3v) is 4.42. The van der Waals surface area contributed by atoms with Crippen molar-refractivity contribution in [3.8, 4) is 5.75 Å². The summed E-state index contributed by atoms with van der Waals surface area (Å²) in [6, 6.07) is 10.9. The number of ether oxygens (including phenoxy) is 1. The maximum Gasteiger partial charge on any atom is 0.128 e. The molecule has 0 aromatic heterocycles. The molecule has 0 saturated carbocycles. The van der Waals surface area contributed by atoms with Crippen LogP contribution in [0.15, 0.2) is 40.9 Å². The largest absolute Gasteiger partial charge is 0.485 e. The molecule has 0 bridgehead atoms. The Morgan fingerprint density at radius 3 is 2.70 bits per heavy atom. The van der Waals surface area contributed by atoms with E-state index in [-0.39, 0.29) is 6.10 Å².